The summed E-state index contributed by atoms with van der Waals surface area (Å²) >= 11 is 1.58. The number of carbonyl (C=O) groups excluding carboxylic acids is 1. The van der Waals surface area contributed by atoms with Crippen LogP contribution in [-0.2, 0) is 11.2 Å². The molecule has 0 fully saturated rings. The van der Waals surface area contributed by atoms with Crippen molar-refractivity contribution >= 4 is 45.0 Å². The molecule has 1 amide bonds. The first-order chi connectivity index (χ1) is 12.4. The first kappa shape index (κ1) is 21.4. The van der Waals surface area contributed by atoms with Crippen molar-refractivity contribution in [2.24, 2.45) is 0 Å². The zero-order valence-electron chi connectivity index (χ0n) is 16.2. The third-order valence-corrected chi connectivity index (χ3v) is 5.49. The largest absolute Gasteiger partial charge is 0.308 e. The molecule has 0 saturated heterocycles. The predicted molar refractivity (Wildman–Crippen MR) is 117 cm³/mol. The number of hydrogen-bond donors (Lipinski definition) is 0. The summed E-state index contributed by atoms with van der Waals surface area (Å²) in [5.74, 6) is 0.0969. The number of aromatic nitrogens is 1. The monoisotopic (exact) mass is 403 g/mol. The summed E-state index contributed by atoms with van der Waals surface area (Å²) in [5.41, 5.74) is 4.37. The molecule has 3 rings (SSSR count). The van der Waals surface area contributed by atoms with Crippen LogP contribution in [-0.4, -0.2) is 43.0 Å². The van der Waals surface area contributed by atoms with Crippen LogP contribution < -0.4 is 4.90 Å². The van der Waals surface area contributed by atoms with Crippen molar-refractivity contribution in [3.63, 3.8) is 0 Å². The van der Waals surface area contributed by atoms with E-state index in [0.717, 1.165) is 33.0 Å². The van der Waals surface area contributed by atoms with Crippen molar-refractivity contribution in [2.75, 3.05) is 32.1 Å². The number of anilines is 1. The van der Waals surface area contributed by atoms with E-state index in [4.69, 9.17) is 4.98 Å². The molecule has 144 valence electrons. The Hall–Kier alpha value is -1.95. The molecule has 0 N–H and O–H groups in total. The highest BCUT2D eigenvalue weighted by atomic mass is 35.5. The number of para-hydroxylation sites is 1. The molecule has 1 aromatic heterocycles. The van der Waals surface area contributed by atoms with Crippen LogP contribution in [0.5, 0.6) is 0 Å². The third kappa shape index (κ3) is 5.28. The molecule has 27 heavy (non-hydrogen) atoms. The van der Waals surface area contributed by atoms with Crippen molar-refractivity contribution in [1.29, 1.82) is 0 Å². The van der Waals surface area contributed by atoms with E-state index in [1.54, 1.807) is 11.3 Å². The fraction of sp³-hybridized carbons (Fsp3) is 0.333. The quantitative estimate of drug-likeness (QED) is 0.609. The maximum atomic E-state index is 13.1. The number of benzene rings is 2. The van der Waals surface area contributed by atoms with Gasteiger partial charge in [-0.2, -0.15) is 0 Å². The average Bonchev–Trinajstić information content (AvgIpc) is 3.01. The Morgan fingerprint density at radius 3 is 2.52 bits per heavy atom. The van der Waals surface area contributed by atoms with E-state index in [9.17, 15) is 4.79 Å². The summed E-state index contributed by atoms with van der Waals surface area (Å²) in [7, 11) is 4.04. The minimum atomic E-state index is 0. The minimum absolute atomic E-state index is 0. The SMILES string of the molecule is Cc1ccc(C)c(CC(=O)N(CCN(C)C)c2nc3ccccc3s2)c1.Cl. The lowest BCUT2D eigenvalue weighted by molar-refractivity contribution is -0.118. The molecule has 0 aliphatic carbocycles. The lowest BCUT2D eigenvalue weighted by atomic mass is 10.0. The second kappa shape index (κ2) is 9.31. The molecule has 0 aliphatic rings. The highest BCUT2D eigenvalue weighted by molar-refractivity contribution is 7.22. The summed E-state index contributed by atoms with van der Waals surface area (Å²) in [6.07, 6.45) is 0.400. The second-order valence-electron chi connectivity index (χ2n) is 6.92. The van der Waals surface area contributed by atoms with E-state index in [1.807, 2.05) is 37.2 Å². The fourth-order valence-electron chi connectivity index (χ4n) is 2.85. The maximum absolute atomic E-state index is 13.1. The number of carbonyl (C=O) groups is 1. The summed E-state index contributed by atoms with van der Waals surface area (Å²) in [6, 6.07) is 14.3. The van der Waals surface area contributed by atoms with E-state index < -0.39 is 0 Å². The van der Waals surface area contributed by atoms with Crippen LogP contribution >= 0.6 is 23.7 Å². The maximum Gasteiger partial charge on any atom is 0.233 e. The summed E-state index contributed by atoms with van der Waals surface area (Å²) in [5, 5.41) is 0.781. The van der Waals surface area contributed by atoms with Crippen LogP contribution in [0.2, 0.25) is 0 Å². The Kier molecular flexibility index (Phi) is 7.36. The van der Waals surface area contributed by atoms with Crippen molar-refractivity contribution < 1.29 is 4.79 Å². The topological polar surface area (TPSA) is 36.4 Å². The van der Waals surface area contributed by atoms with Gasteiger partial charge in [0.15, 0.2) is 5.13 Å². The third-order valence-electron chi connectivity index (χ3n) is 4.43. The number of nitrogens with zero attached hydrogens (tertiary/aromatic N) is 3. The average molecular weight is 404 g/mol. The molecular formula is C21H26ClN3OS. The van der Waals surface area contributed by atoms with E-state index in [-0.39, 0.29) is 18.3 Å². The van der Waals surface area contributed by atoms with Gasteiger partial charge in [0, 0.05) is 13.1 Å². The van der Waals surface area contributed by atoms with Crippen molar-refractivity contribution in [3.8, 4) is 0 Å². The van der Waals surface area contributed by atoms with Crippen LogP contribution in [0.15, 0.2) is 42.5 Å². The Morgan fingerprint density at radius 1 is 1.07 bits per heavy atom. The highest BCUT2D eigenvalue weighted by Gasteiger charge is 2.20. The van der Waals surface area contributed by atoms with Gasteiger partial charge in [0.2, 0.25) is 5.91 Å². The van der Waals surface area contributed by atoms with Gasteiger partial charge in [-0.3, -0.25) is 9.69 Å². The van der Waals surface area contributed by atoms with Crippen molar-refractivity contribution in [1.82, 2.24) is 9.88 Å². The van der Waals surface area contributed by atoms with Gasteiger partial charge in [0.05, 0.1) is 16.6 Å². The molecule has 0 atom stereocenters. The van der Waals surface area contributed by atoms with Gasteiger partial charge in [-0.1, -0.05) is 47.2 Å². The Morgan fingerprint density at radius 2 is 1.81 bits per heavy atom. The molecule has 0 spiro atoms. The normalized spacial score (nSPS) is 10.9. The zero-order valence-corrected chi connectivity index (χ0v) is 17.9. The molecule has 1 heterocycles. The number of hydrogen-bond acceptors (Lipinski definition) is 4. The Labute approximate surface area is 171 Å². The van der Waals surface area contributed by atoms with Crippen molar-refractivity contribution in [2.45, 2.75) is 20.3 Å². The number of halogens is 1. The molecule has 6 heteroatoms. The van der Waals surface area contributed by atoms with Gasteiger partial charge in [-0.25, -0.2) is 4.98 Å². The summed E-state index contributed by atoms with van der Waals surface area (Å²) in [4.78, 5) is 21.8. The fourth-order valence-corrected chi connectivity index (χ4v) is 3.86. The standard InChI is InChI=1S/C21H25N3OS.ClH/c1-15-9-10-16(2)17(13-15)14-20(25)24(12-11-23(3)4)21-22-18-7-5-6-8-19(18)26-21;/h5-10,13H,11-12,14H2,1-4H3;1H. The first-order valence-corrected chi connectivity index (χ1v) is 9.62. The number of fused-ring (bicyclic) bond motifs is 1. The smallest absolute Gasteiger partial charge is 0.233 e. The van der Waals surface area contributed by atoms with Gasteiger partial charge >= 0.3 is 0 Å². The van der Waals surface area contributed by atoms with Crippen LogP contribution in [0.25, 0.3) is 10.2 Å². The number of thiazole rings is 1. The molecule has 0 bridgehead atoms. The van der Waals surface area contributed by atoms with Gasteiger partial charge in [0.25, 0.3) is 0 Å². The Bertz CT molecular complexity index is 890. The van der Waals surface area contributed by atoms with E-state index in [2.05, 4.69) is 43.0 Å². The van der Waals surface area contributed by atoms with Gasteiger partial charge < -0.3 is 4.90 Å². The molecule has 2 aromatic carbocycles. The first-order valence-electron chi connectivity index (χ1n) is 8.81. The number of rotatable bonds is 6. The molecule has 4 nitrogen and oxygen atoms in total. The van der Waals surface area contributed by atoms with Crippen LogP contribution in [0.1, 0.15) is 16.7 Å². The van der Waals surface area contributed by atoms with E-state index >= 15 is 0 Å². The molecule has 0 unspecified atom stereocenters. The number of likely N-dealkylation sites (N-methyl/N-ethyl adjacent to an activating group) is 1. The lowest BCUT2D eigenvalue weighted by Gasteiger charge is -2.22. The van der Waals surface area contributed by atoms with Gasteiger partial charge in [-0.15, -0.1) is 12.4 Å². The Balaban J connectivity index is 0.00000261. The van der Waals surface area contributed by atoms with E-state index in [0.29, 0.717) is 13.0 Å². The second-order valence-corrected chi connectivity index (χ2v) is 7.93. The van der Waals surface area contributed by atoms with Crippen molar-refractivity contribution in [3.05, 3.63) is 59.2 Å². The van der Waals surface area contributed by atoms with Crippen LogP contribution in [0, 0.1) is 13.8 Å². The molecular weight excluding hydrogens is 378 g/mol. The van der Waals surface area contributed by atoms with Crippen LogP contribution in [0.3, 0.4) is 0 Å². The lowest BCUT2D eigenvalue weighted by Crippen LogP contribution is -2.37. The van der Waals surface area contributed by atoms with E-state index in [1.165, 1.54) is 5.56 Å². The predicted octanol–water partition coefficient (Wildman–Crippen LogP) is 4.47. The minimum Gasteiger partial charge on any atom is -0.308 e. The highest BCUT2D eigenvalue weighted by Crippen LogP contribution is 2.29. The van der Waals surface area contributed by atoms with Crippen LogP contribution in [0.4, 0.5) is 5.13 Å². The van der Waals surface area contributed by atoms with Gasteiger partial charge in [-0.05, 0) is 51.2 Å². The summed E-state index contributed by atoms with van der Waals surface area (Å²) < 4.78 is 1.11. The molecule has 3 aromatic rings. The zero-order chi connectivity index (χ0) is 18.7. The number of amides is 1. The number of aryl methyl sites for hydroxylation is 2. The molecule has 0 aliphatic heterocycles. The van der Waals surface area contributed by atoms with Gasteiger partial charge in [0.1, 0.15) is 0 Å². The molecule has 0 saturated carbocycles. The molecule has 0 radical (unpaired) electrons. The summed E-state index contributed by atoms with van der Waals surface area (Å²) in [6.45, 7) is 5.56.